The summed E-state index contributed by atoms with van der Waals surface area (Å²) in [5, 5.41) is 0. The Morgan fingerprint density at radius 2 is 1.73 bits per heavy atom. The highest BCUT2D eigenvalue weighted by atomic mass is 14.7. The highest BCUT2D eigenvalue weighted by Gasteiger charge is 2.64. The average molecular weight is 144 g/mol. The SMILES string of the molecule is C1=C[C@@]23C=CC[C@]2(C=CC1)C3. The molecule has 56 valence electrons. The molecule has 0 aromatic heterocycles. The van der Waals surface area contributed by atoms with Gasteiger partial charge in [0.05, 0.1) is 0 Å². The molecule has 1 fully saturated rings. The molecule has 3 aliphatic rings. The standard InChI is InChI=1S/C11H12/c1-2-5-10-7-4-8-11(10,9-10)6-3-1/h2-7H,1,8-9H2/t10-,11+/m0/s1. The van der Waals surface area contributed by atoms with Crippen LogP contribution >= 0.6 is 0 Å². The van der Waals surface area contributed by atoms with Crippen LogP contribution in [0.3, 0.4) is 0 Å². The quantitative estimate of drug-likeness (QED) is 0.458. The first-order chi connectivity index (χ1) is 5.37. The molecule has 0 amide bonds. The first-order valence-corrected chi connectivity index (χ1v) is 4.40. The van der Waals surface area contributed by atoms with Gasteiger partial charge in [-0.15, -0.1) is 0 Å². The van der Waals surface area contributed by atoms with Gasteiger partial charge in [0.25, 0.3) is 0 Å². The predicted octanol–water partition coefficient (Wildman–Crippen LogP) is 2.84. The van der Waals surface area contributed by atoms with Gasteiger partial charge in [-0.3, -0.25) is 0 Å². The van der Waals surface area contributed by atoms with E-state index in [1.165, 1.54) is 12.8 Å². The molecule has 0 spiro atoms. The van der Waals surface area contributed by atoms with E-state index in [1.54, 1.807) is 0 Å². The lowest BCUT2D eigenvalue weighted by molar-refractivity contribution is 0.596. The van der Waals surface area contributed by atoms with Crippen LogP contribution in [0.15, 0.2) is 36.5 Å². The van der Waals surface area contributed by atoms with E-state index in [2.05, 4.69) is 36.5 Å². The van der Waals surface area contributed by atoms with Gasteiger partial charge in [-0.2, -0.15) is 0 Å². The van der Waals surface area contributed by atoms with Gasteiger partial charge in [0.15, 0.2) is 0 Å². The molecule has 3 aliphatic carbocycles. The minimum absolute atomic E-state index is 0.472. The largest absolute Gasteiger partial charge is 0.0867 e. The Morgan fingerprint density at radius 3 is 2.73 bits per heavy atom. The Hall–Kier alpha value is -0.780. The van der Waals surface area contributed by atoms with E-state index in [0.717, 1.165) is 6.42 Å². The smallest absolute Gasteiger partial charge is 0.0164 e. The summed E-state index contributed by atoms with van der Waals surface area (Å²) in [5.41, 5.74) is 1.01. The van der Waals surface area contributed by atoms with Crippen LogP contribution in [-0.2, 0) is 0 Å². The Labute approximate surface area is 67.3 Å². The highest BCUT2D eigenvalue weighted by Crippen LogP contribution is 2.72. The minimum atomic E-state index is 0.472. The summed E-state index contributed by atoms with van der Waals surface area (Å²) in [7, 11) is 0. The lowest BCUT2D eigenvalue weighted by atomic mass is 9.96. The second-order valence-corrected chi connectivity index (χ2v) is 4.02. The van der Waals surface area contributed by atoms with Crippen LogP contribution in [0.1, 0.15) is 19.3 Å². The van der Waals surface area contributed by atoms with Crippen molar-refractivity contribution in [3.8, 4) is 0 Å². The molecule has 0 nitrogen and oxygen atoms in total. The second kappa shape index (κ2) is 1.52. The zero-order valence-corrected chi connectivity index (χ0v) is 6.59. The van der Waals surface area contributed by atoms with Crippen molar-refractivity contribution >= 4 is 0 Å². The molecule has 11 heavy (non-hydrogen) atoms. The van der Waals surface area contributed by atoms with Gasteiger partial charge in [0, 0.05) is 10.8 Å². The Morgan fingerprint density at radius 1 is 0.909 bits per heavy atom. The Bertz CT molecular complexity index is 282. The lowest BCUT2D eigenvalue weighted by Crippen LogP contribution is -1.99. The van der Waals surface area contributed by atoms with Gasteiger partial charge in [0.1, 0.15) is 0 Å². The molecule has 0 aliphatic heterocycles. The summed E-state index contributed by atoms with van der Waals surface area (Å²) < 4.78 is 0. The molecular weight excluding hydrogens is 132 g/mol. The fourth-order valence-corrected chi connectivity index (χ4v) is 2.66. The molecule has 0 saturated heterocycles. The van der Waals surface area contributed by atoms with Crippen LogP contribution < -0.4 is 0 Å². The van der Waals surface area contributed by atoms with Crippen molar-refractivity contribution in [1.29, 1.82) is 0 Å². The number of allylic oxidation sites excluding steroid dienone is 6. The van der Waals surface area contributed by atoms with Crippen molar-refractivity contribution in [1.82, 2.24) is 0 Å². The maximum absolute atomic E-state index is 2.44. The van der Waals surface area contributed by atoms with Crippen molar-refractivity contribution in [3.05, 3.63) is 36.5 Å². The molecule has 0 unspecified atom stereocenters. The van der Waals surface area contributed by atoms with Crippen molar-refractivity contribution in [2.24, 2.45) is 10.8 Å². The summed E-state index contributed by atoms with van der Waals surface area (Å²) in [6.45, 7) is 0. The monoisotopic (exact) mass is 144 g/mol. The van der Waals surface area contributed by atoms with Crippen molar-refractivity contribution in [3.63, 3.8) is 0 Å². The minimum Gasteiger partial charge on any atom is -0.0867 e. The van der Waals surface area contributed by atoms with Crippen LogP contribution in [0.2, 0.25) is 0 Å². The van der Waals surface area contributed by atoms with E-state index in [-0.39, 0.29) is 0 Å². The van der Waals surface area contributed by atoms with E-state index >= 15 is 0 Å². The van der Waals surface area contributed by atoms with Crippen molar-refractivity contribution < 1.29 is 0 Å². The number of rotatable bonds is 0. The Kier molecular flexibility index (Phi) is 0.806. The molecule has 0 heterocycles. The first kappa shape index (κ1) is 5.82. The van der Waals surface area contributed by atoms with Gasteiger partial charge in [0.2, 0.25) is 0 Å². The van der Waals surface area contributed by atoms with Gasteiger partial charge in [-0.25, -0.2) is 0 Å². The number of hydrogen-bond donors (Lipinski definition) is 0. The molecule has 0 heteroatoms. The van der Waals surface area contributed by atoms with Gasteiger partial charge in [-0.05, 0) is 19.3 Å². The normalized spacial score (nSPS) is 50.2. The molecule has 3 rings (SSSR count). The van der Waals surface area contributed by atoms with E-state index in [4.69, 9.17) is 0 Å². The topological polar surface area (TPSA) is 0 Å². The van der Waals surface area contributed by atoms with Crippen LogP contribution in [0.25, 0.3) is 0 Å². The van der Waals surface area contributed by atoms with Crippen molar-refractivity contribution in [2.45, 2.75) is 19.3 Å². The Balaban J connectivity index is 2.14. The molecule has 0 radical (unpaired) electrons. The summed E-state index contributed by atoms with van der Waals surface area (Å²) >= 11 is 0. The van der Waals surface area contributed by atoms with E-state index < -0.39 is 0 Å². The van der Waals surface area contributed by atoms with E-state index in [9.17, 15) is 0 Å². The predicted molar refractivity (Wildman–Crippen MR) is 46.1 cm³/mol. The lowest BCUT2D eigenvalue weighted by Gasteiger charge is -2.07. The maximum atomic E-state index is 2.44. The summed E-state index contributed by atoms with van der Waals surface area (Å²) in [6, 6.07) is 0. The van der Waals surface area contributed by atoms with Gasteiger partial charge in [-0.1, -0.05) is 36.5 Å². The van der Waals surface area contributed by atoms with Gasteiger partial charge >= 0.3 is 0 Å². The number of hydrogen-bond acceptors (Lipinski definition) is 0. The molecular formula is C11H12. The fourth-order valence-electron chi connectivity index (χ4n) is 2.66. The molecule has 1 saturated carbocycles. The molecule has 0 bridgehead atoms. The summed E-state index contributed by atoms with van der Waals surface area (Å²) in [4.78, 5) is 0. The molecule has 0 aromatic rings. The molecule has 0 N–H and O–H groups in total. The van der Waals surface area contributed by atoms with E-state index in [1.807, 2.05) is 0 Å². The maximum Gasteiger partial charge on any atom is 0.0164 e. The van der Waals surface area contributed by atoms with Crippen LogP contribution in [0, 0.1) is 10.8 Å². The van der Waals surface area contributed by atoms with Gasteiger partial charge < -0.3 is 0 Å². The third kappa shape index (κ3) is 0.526. The van der Waals surface area contributed by atoms with Crippen LogP contribution in [0.5, 0.6) is 0 Å². The third-order valence-corrected chi connectivity index (χ3v) is 3.43. The van der Waals surface area contributed by atoms with Crippen molar-refractivity contribution in [2.75, 3.05) is 0 Å². The van der Waals surface area contributed by atoms with Crippen LogP contribution in [-0.4, -0.2) is 0 Å². The zero-order valence-electron chi connectivity index (χ0n) is 6.59. The highest BCUT2D eigenvalue weighted by molar-refractivity contribution is 5.43. The molecule has 2 atom stereocenters. The summed E-state index contributed by atoms with van der Waals surface area (Å²) in [6.07, 6.45) is 18.0. The van der Waals surface area contributed by atoms with E-state index in [0.29, 0.717) is 10.8 Å². The summed E-state index contributed by atoms with van der Waals surface area (Å²) in [5.74, 6) is 0. The fraction of sp³-hybridized carbons (Fsp3) is 0.455. The second-order valence-electron chi connectivity index (χ2n) is 4.02. The zero-order chi connectivity index (χ0) is 7.36. The first-order valence-electron chi connectivity index (χ1n) is 4.40. The third-order valence-electron chi connectivity index (χ3n) is 3.43. The molecule has 0 aromatic carbocycles. The van der Waals surface area contributed by atoms with Crippen LogP contribution in [0.4, 0.5) is 0 Å². The average Bonchev–Trinajstić information content (AvgIpc) is 2.51.